The van der Waals surface area contributed by atoms with Crippen LogP contribution in [0.5, 0.6) is 5.75 Å². The van der Waals surface area contributed by atoms with Crippen LogP contribution in [0.2, 0.25) is 0 Å². The molecule has 106 valence electrons. The van der Waals surface area contributed by atoms with Gasteiger partial charge in [0.2, 0.25) is 0 Å². The van der Waals surface area contributed by atoms with Crippen molar-refractivity contribution in [2.45, 2.75) is 6.36 Å². The quantitative estimate of drug-likeness (QED) is 0.667. The van der Waals surface area contributed by atoms with Crippen molar-refractivity contribution in [2.24, 2.45) is 0 Å². The van der Waals surface area contributed by atoms with Crippen molar-refractivity contribution in [1.82, 2.24) is 0 Å². The fourth-order valence-electron chi connectivity index (χ4n) is 1.62. The predicted octanol–water partition coefficient (Wildman–Crippen LogP) is 4.11. The molecule has 7 heteroatoms. The van der Waals surface area contributed by atoms with E-state index in [9.17, 15) is 22.0 Å². The van der Waals surface area contributed by atoms with E-state index in [1.807, 2.05) is 0 Å². The predicted molar refractivity (Wildman–Crippen MR) is 62.9 cm³/mol. The van der Waals surface area contributed by atoms with E-state index in [1.54, 1.807) is 0 Å². The zero-order valence-corrected chi connectivity index (χ0v) is 9.84. The third kappa shape index (κ3) is 3.17. The Morgan fingerprint density at radius 3 is 2.05 bits per heavy atom. The lowest BCUT2D eigenvalue weighted by molar-refractivity contribution is -0.274. The van der Waals surface area contributed by atoms with Gasteiger partial charge in [-0.1, -0.05) is 12.1 Å². The van der Waals surface area contributed by atoms with Crippen molar-refractivity contribution < 1.29 is 26.7 Å². The highest BCUT2D eigenvalue weighted by Crippen LogP contribution is 2.29. The van der Waals surface area contributed by atoms with Crippen molar-refractivity contribution in [2.75, 3.05) is 5.73 Å². The van der Waals surface area contributed by atoms with Crippen molar-refractivity contribution in [1.29, 1.82) is 0 Å². The van der Waals surface area contributed by atoms with Gasteiger partial charge in [-0.15, -0.1) is 13.2 Å². The Kier molecular flexibility index (Phi) is 3.52. The van der Waals surface area contributed by atoms with Crippen molar-refractivity contribution >= 4 is 5.69 Å². The number of nitrogens with two attached hydrogens (primary N) is 1. The largest absolute Gasteiger partial charge is 0.573 e. The zero-order chi connectivity index (χ0) is 14.9. The molecule has 20 heavy (non-hydrogen) atoms. The van der Waals surface area contributed by atoms with E-state index in [1.165, 1.54) is 12.1 Å². The summed E-state index contributed by atoms with van der Waals surface area (Å²) < 4.78 is 66.5. The second kappa shape index (κ2) is 4.99. The zero-order valence-electron chi connectivity index (χ0n) is 9.84. The molecule has 0 aliphatic rings. The summed E-state index contributed by atoms with van der Waals surface area (Å²) in [6.45, 7) is 0. The first-order valence-electron chi connectivity index (χ1n) is 5.37. The highest BCUT2D eigenvalue weighted by molar-refractivity contribution is 5.67. The Morgan fingerprint density at radius 2 is 1.50 bits per heavy atom. The third-order valence-electron chi connectivity index (χ3n) is 2.49. The number of halogens is 5. The summed E-state index contributed by atoms with van der Waals surface area (Å²) in [7, 11) is 0. The van der Waals surface area contributed by atoms with Gasteiger partial charge in [0.05, 0.1) is 5.69 Å². The normalized spacial score (nSPS) is 11.4. The van der Waals surface area contributed by atoms with Crippen molar-refractivity contribution in [3.63, 3.8) is 0 Å². The van der Waals surface area contributed by atoms with E-state index in [0.29, 0.717) is 0 Å². The van der Waals surface area contributed by atoms with E-state index in [-0.39, 0.29) is 16.8 Å². The number of hydrogen-bond donors (Lipinski definition) is 1. The summed E-state index contributed by atoms with van der Waals surface area (Å²) in [6, 6.07) is 6.09. The van der Waals surface area contributed by atoms with Gasteiger partial charge in [0.1, 0.15) is 17.4 Å². The van der Waals surface area contributed by atoms with Gasteiger partial charge in [0, 0.05) is 11.6 Å². The van der Waals surface area contributed by atoms with Gasteiger partial charge in [-0.05, 0) is 23.8 Å². The molecular formula is C13H8F5NO. The molecule has 2 aromatic carbocycles. The van der Waals surface area contributed by atoms with E-state index in [0.717, 1.165) is 24.3 Å². The molecule has 0 bridgehead atoms. The molecule has 0 aromatic heterocycles. The Bertz CT molecular complexity index is 622. The highest BCUT2D eigenvalue weighted by Gasteiger charge is 2.31. The minimum atomic E-state index is -4.81. The molecule has 0 radical (unpaired) electrons. The first-order valence-corrected chi connectivity index (χ1v) is 5.37. The Labute approximate surface area is 110 Å². The van der Waals surface area contributed by atoms with Gasteiger partial charge >= 0.3 is 6.36 Å². The number of hydrogen-bond acceptors (Lipinski definition) is 2. The van der Waals surface area contributed by atoms with Crippen LogP contribution in [0, 0.1) is 11.6 Å². The van der Waals surface area contributed by atoms with Crippen LogP contribution in [0.4, 0.5) is 27.6 Å². The number of alkyl halides is 3. The average molecular weight is 289 g/mol. The van der Waals surface area contributed by atoms with Gasteiger partial charge in [0.25, 0.3) is 0 Å². The summed E-state index contributed by atoms with van der Waals surface area (Å²) in [5.74, 6) is -2.03. The lowest BCUT2D eigenvalue weighted by Crippen LogP contribution is -2.16. The monoisotopic (exact) mass is 289 g/mol. The van der Waals surface area contributed by atoms with Gasteiger partial charge in [-0.2, -0.15) is 0 Å². The fourth-order valence-corrected chi connectivity index (χ4v) is 1.62. The number of rotatable bonds is 2. The molecule has 0 fully saturated rings. The molecule has 0 atom stereocenters. The smallest absolute Gasteiger partial charge is 0.406 e. The molecule has 0 aliphatic carbocycles. The maximum Gasteiger partial charge on any atom is 0.573 e. The number of anilines is 1. The fraction of sp³-hybridized carbons (Fsp3) is 0.0769. The molecule has 2 nitrogen and oxygen atoms in total. The molecule has 0 aliphatic heterocycles. The second-order valence-electron chi connectivity index (χ2n) is 3.93. The first-order chi connectivity index (χ1) is 9.26. The van der Waals surface area contributed by atoms with Crippen LogP contribution in [0.15, 0.2) is 36.4 Å². The summed E-state index contributed by atoms with van der Waals surface area (Å²) >= 11 is 0. The summed E-state index contributed by atoms with van der Waals surface area (Å²) in [4.78, 5) is 0. The average Bonchev–Trinajstić information content (AvgIpc) is 2.33. The van der Waals surface area contributed by atoms with Crippen LogP contribution in [0.3, 0.4) is 0 Å². The minimum Gasteiger partial charge on any atom is -0.406 e. The van der Waals surface area contributed by atoms with Crippen LogP contribution in [-0.4, -0.2) is 6.36 Å². The van der Waals surface area contributed by atoms with Crippen LogP contribution in [-0.2, 0) is 0 Å². The van der Waals surface area contributed by atoms with Crippen LogP contribution in [0.1, 0.15) is 0 Å². The number of benzene rings is 2. The molecule has 0 saturated heterocycles. The highest BCUT2D eigenvalue weighted by atomic mass is 19.4. The van der Waals surface area contributed by atoms with E-state index >= 15 is 0 Å². The summed E-state index contributed by atoms with van der Waals surface area (Å²) in [5, 5.41) is 0. The minimum absolute atomic E-state index is 0.102. The molecule has 0 amide bonds. The van der Waals surface area contributed by atoms with E-state index < -0.39 is 23.7 Å². The van der Waals surface area contributed by atoms with E-state index in [4.69, 9.17) is 5.73 Å². The van der Waals surface area contributed by atoms with Gasteiger partial charge in [-0.25, -0.2) is 8.78 Å². The maximum absolute atomic E-state index is 13.6. The Morgan fingerprint density at radius 1 is 0.900 bits per heavy atom. The third-order valence-corrected chi connectivity index (χ3v) is 2.49. The molecular weight excluding hydrogens is 281 g/mol. The van der Waals surface area contributed by atoms with Gasteiger partial charge in [0.15, 0.2) is 0 Å². The van der Waals surface area contributed by atoms with E-state index in [2.05, 4.69) is 4.74 Å². The summed E-state index contributed by atoms with van der Waals surface area (Å²) in [5.41, 5.74) is 4.96. The first kappa shape index (κ1) is 14.1. The molecule has 2 rings (SSSR count). The standard InChI is InChI=1S/C13H8F5NO/c14-10-6-12(19)11(15)5-9(10)7-1-3-8(4-2-7)20-13(16,17)18/h1-6H,19H2. The molecule has 0 saturated carbocycles. The van der Waals surface area contributed by atoms with Crippen LogP contribution >= 0.6 is 0 Å². The van der Waals surface area contributed by atoms with Crippen LogP contribution in [0.25, 0.3) is 11.1 Å². The lowest BCUT2D eigenvalue weighted by atomic mass is 10.0. The van der Waals surface area contributed by atoms with Gasteiger partial charge < -0.3 is 10.5 Å². The molecule has 2 aromatic rings. The SMILES string of the molecule is Nc1cc(F)c(-c2ccc(OC(F)(F)F)cc2)cc1F. The van der Waals surface area contributed by atoms with Gasteiger partial charge in [-0.3, -0.25) is 0 Å². The molecule has 0 spiro atoms. The Balaban J connectivity index is 2.33. The Hall–Kier alpha value is -2.31. The number of ether oxygens (including phenoxy) is 1. The van der Waals surface area contributed by atoms with Crippen LogP contribution < -0.4 is 10.5 Å². The van der Waals surface area contributed by atoms with Crippen molar-refractivity contribution in [3.05, 3.63) is 48.0 Å². The lowest BCUT2D eigenvalue weighted by Gasteiger charge is -2.10. The van der Waals surface area contributed by atoms with Crippen molar-refractivity contribution in [3.8, 4) is 16.9 Å². The topological polar surface area (TPSA) is 35.2 Å². The molecule has 2 N–H and O–H groups in total. The molecule has 0 unspecified atom stereocenters. The summed E-state index contributed by atoms with van der Waals surface area (Å²) in [6.07, 6.45) is -4.81. The maximum atomic E-state index is 13.6. The second-order valence-corrected chi connectivity index (χ2v) is 3.93. The number of nitrogen functional groups attached to an aromatic ring is 1. The molecule has 0 heterocycles.